The summed E-state index contributed by atoms with van der Waals surface area (Å²) in [5.74, 6) is 8.65. The number of methoxy groups -OCH3 is 4. The zero-order chi connectivity index (χ0) is 100. The number of nitrogens with two attached hydrogens (primary N) is 2. The molecular formula is C96H132F12N2O28P2. The molecule has 4 N–H and O–H groups in total. The van der Waals surface area contributed by atoms with Gasteiger partial charge in [0.1, 0.15) is 125 Å². The Morgan fingerprint density at radius 3 is 0.557 bits per heavy atom. The summed E-state index contributed by atoms with van der Waals surface area (Å²) in [6, 6.07) is 47.9. The van der Waals surface area contributed by atoms with Crippen LogP contribution in [0, 0.1) is 0 Å². The molecule has 0 saturated carbocycles. The first-order valence-corrected chi connectivity index (χ1v) is 49.5. The van der Waals surface area contributed by atoms with E-state index in [2.05, 4.69) is 34.9 Å². The summed E-state index contributed by atoms with van der Waals surface area (Å²) in [7, 11) is -14.7. The molecule has 3 aliphatic heterocycles. The molecule has 0 atom stereocenters. The Balaban J connectivity index is 0.000000278. The standard InChI is InChI=1S/C44H58N2O12.2C26H36O8.2F6P/c1-47-37-17-33(18-38(25-37)48-2)29-45-31-35-21-41-27-42(22-35)56-14-10-52-6-8-54-12-16-58-44-24-36(32-46-30-34-19-39(49-3)26-40(20-34)50-4)23-43(28-44)57-15-11-53-7-5-51-9-13-55-41;2*1-2-6-24-22-26-25(21-23(24)5-1)33-19-17-31-15-13-29-11-9-27-7-3-4-8-28-10-12-30-14-16-32-18-20-34-26;2*1-7(2,3,4,5)6/h17-28,45-46H,5-16,29-32H2,1-4H3;2*1-6,21-22H,7-20H2;;/q;;;2*-1/p+2/b;2*4-3-;;. The van der Waals surface area contributed by atoms with Gasteiger partial charge in [-0.15, -0.1) is 0 Å². The van der Waals surface area contributed by atoms with Crippen molar-refractivity contribution < 1.29 is 194 Å². The predicted molar refractivity (Wildman–Crippen MR) is 501 cm³/mol. The molecule has 8 aromatic rings. The van der Waals surface area contributed by atoms with Gasteiger partial charge in [0.25, 0.3) is 0 Å². The molecule has 0 unspecified atom stereocenters. The molecule has 0 aliphatic carbocycles. The van der Waals surface area contributed by atoms with Gasteiger partial charge in [-0.1, -0.05) is 72.8 Å². The van der Waals surface area contributed by atoms with Crippen molar-refractivity contribution in [1.29, 1.82) is 0 Å². The van der Waals surface area contributed by atoms with Crippen LogP contribution in [0.25, 0.3) is 21.5 Å². The van der Waals surface area contributed by atoms with Crippen LogP contribution in [0.2, 0.25) is 0 Å². The van der Waals surface area contributed by atoms with Crippen molar-refractivity contribution in [2.45, 2.75) is 26.2 Å². The third-order valence-corrected chi connectivity index (χ3v) is 18.7. The summed E-state index contributed by atoms with van der Waals surface area (Å²) in [5.41, 5.74) is 4.33. The molecule has 0 spiro atoms. The van der Waals surface area contributed by atoms with E-state index in [0.717, 1.165) is 79.9 Å². The third-order valence-electron chi connectivity index (χ3n) is 18.7. The van der Waals surface area contributed by atoms with Gasteiger partial charge in [-0.05, 0) is 94.3 Å². The fraction of sp³-hybridized carbons (Fsp3) is 0.500. The molecule has 0 radical (unpaired) electrons. The summed E-state index contributed by atoms with van der Waals surface area (Å²) in [4.78, 5) is 0. The van der Waals surface area contributed by atoms with Crippen LogP contribution in [-0.2, 0) is 102 Å². The van der Waals surface area contributed by atoms with Crippen LogP contribution in [0.1, 0.15) is 22.3 Å². The van der Waals surface area contributed by atoms with E-state index in [1.807, 2.05) is 146 Å². The second-order valence-electron chi connectivity index (χ2n) is 30.0. The van der Waals surface area contributed by atoms with Crippen LogP contribution in [0.5, 0.6) is 69.0 Å². The van der Waals surface area contributed by atoms with Crippen LogP contribution in [-0.4, -0.2) is 293 Å². The first-order valence-electron chi connectivity index (χ1n) is 45.4. The number of quaternary nitrogens is 2. The molecule has 0 amide bonds. The van der Waals surface area contributed by atoms with Crippen molar-refractivity contribution in [3.8, 4) is 69.0 Å². The number of halogens is 12. The normalized spacial score (nSPS) is 18.5. The topological polar surface area (TPSA) is 292 Å². The first-order chi connectivity index (χ1) is 67.3. The van der Waals surface area contributed by atoms with E-state index in [9.17, 15) is 50.4 Å². The molecule has 4 bridgehead atoms. The Labute approximate surface area is 807 Å². The van der Waals surface area contributed by atoms with Crippen LogP contribution < -0.4 is 67.5 Å². The van der Waals surface area contributed by atoms with Crippen LogP contribution >= 0.6 is 15.6 Å². The molecule has 140 heavy (non-hydrogen) atoms. The zero-order valence-electron chi connectivity index (χ0n) is 79.3. The quantitative estimate of drug-likeness (QED) is 0.0652. The summed E-state index contributed by atoms with van der Waals surface area (Å²) in [6.45, 7) is 21.9. The summed E-state index contributed by atoms with van der Waals surface area (Å²) in [6.07, 6.45) is 7.74. The van der Waals surface area contributed by atoms with Gasteiger partial charge < -0.3 is 143 Å². The fourth-order valence-corrected chi connectivity index (χ4v) is 12.5. The van der Waals surface area contributed by atoms with Crippen molar-refractivity contribution in [3.05, 3.63) is 192 Å². The van der Waals surface area contributed by atoms with E-state index >= 15 is 0 Å². The number of hydrogen-bond donors (Lipinski definition) is 2. The van der Waals surface area contributed by atoms with Gasteiger partial charge in [-0.25, -0.2) is 0 Å². The predicted octanol–water partition coefficient (Wildman–Crippen LogP) is 16.8. The molecule has 30 nitrogen and oxygen atoms in total. The molecule has 44 heteroatoms. The second kappa shape index (κ2) is 64.3. The molecule has 0 saturated heterocycles. The van der Waals surface area contributed by atoms with Crippen LogP contribution in [0.3, 0.4) is 0 Å². The zero-order valence-corrected chi connectivity index (χ0v) is 81.1. The maximum absolute atomic E-state index is 10.7. The van der Waals surface area contributed by atoms with E-state index in [4.69, 9.17) is 133 Å². The van der Waals surface area contributed by atoms with Gasteiger partial charge in [-0.3, -0.25) is 0 Å². The van der Waals surface area contributed by atoms with Crippen molar-refractivity contribution in [2.75, 3.05) is 293 Å². The van der Waals surface area contributed by atoms with E-state index < -0.39 is 15.6 Å². The molecule has 0 fully saturated rings. The molecule has 3 heterocycles. The molecular weight excluding hydrogens is 1920 g/mol. The van der Waals surface area contributed by atoms with Gasteiger partial charge >= 0.3 is 66.0 Å². The molecule has 11 rings (SSSR count). The second-order valence-corrected chi connectivity index (χ2v) is 33.9. The molecule has 8 aromatic carbocycles. The molecule has 3 aliphatic rings. The number of benzene rings is 8. The van der Waals surface area contributed by atoms with Crippen LogP contribution in [0.15, 0.2) is 170 Å². The van der Waals surface area contributed by atoms with Gasteiger partial charge in [0.05, 0.1) is 240 Å². The number of hydrogen-bond acceptors (Lipinski definition) is 28. The van der Waals surface area contributed by atoms with Crippen molar-refractivity contribution in [2.24, 2.45) is 0 Å². The fourth-order valence-electron chi connectivity index (χ4n) is 12.5. The average Bonchev–Trinajstić information content (AvgIpc) is 0.790. The Morgan fingerprint density at radius 2 is 0.371 bits per heavy atom. The maximum atomic E-state index is 9.87. The number of fused-ring (bicyclic) bond motifs is 8. The minimum atomic E-state index is -10.7. The Hall–Kier alpha value is -9.34. The van der Waals surface area contributed by atoms with Gasteiger partial charge in [0, 0.05) is 46.5 Å². The number of ether oxygens (including phenoxy) is 28. The van der Waals surface area contributed by atoms with Crippen LogP contribution in [0.4, 0.5) is 50.4 Å². The summed E-state index contributed by atoms with van der Waals surface area (Å²) in [5, 5.41) is 8.78. The van der Waals surface area contributed by atoms with E-state index in [1.54, 1.807) is 28.4 Å². The average molecular weight is 2050 g/mol. The third kappa shape index (κ3) is 61.5. The monoisotopic (exact) mass is 2050 g/mol. The SMILES string of the molecule is C1=C\COCCOCCOCCOc2cc3ccccc3cc2OCCOCCOCCOC/1.C1=C\COCCOCCOCCOc2cc3ccccc3cc2OCCOCCOCCOC/1.COc1cc(C[NH2+]Cc2cc3cc(c2)OCCOCCOCCOc2cc(C[NH2+]Cc4cc(OC)cc(OC)c4)cc(c2)OCCOCCOCCO3)cc(OC)c1.F[P-](F)(F)(F)(F)F.F[P-](F)(F)(F)(F)F. The van der Waals surface area contributed by atoms with E-state index in [1.165, 1.54) is 0 Å². The minimum absolute atomic E-state index is 0.383. The van der Waals surface area contributed by atoms with Gasteiger partial charge in [-0.2, -0.15) is 0 Å². The van der Waals surface area contributed by atoms with Crippen molar-refractivity contribution in [1.82, 2.24) is 0 Å². The molecule has 788 valence electrons. The molecule has 0 aromatic heterocycles. The Kier molecular flexibility index (Phi) is 54.0. The van der Waals surface area contributed by atoms with E-state index in [0.29, 0.717) is 323 Å². The van der Waals surface area contributed by atoms with Crippen molar-refractivity contribution in [3.63, 3.8) is 0 Å². The summed E-state index contributed by atoms with van der Waals surface area (Å²) < 4.78 is 278. The summed E-state index contributed by atoms with van der Waals surface area (Å²) >= 11 is 0. The Bertz CT molecular complexity index is 4250. The first kappa shape index (κ1) is 118. The number of rotatable bonds is 12. The Morgan fingerprint density at radius 1 is 0.207 bits per heavy atom. The van der Waals surface area contributed by atoms with Crippen molar-refractivity contribution >= 4 is 37.2 Å². The van der Waals surface area contributed by atoms with Gasteiger partial charge in [0.15, 0.2) is 23.0 Å². The van der Waals surface area contributed by atoms with E-state index in [-0.39, 0.29) is 0 Å². The van der Waals surface area contributed by atoms with Gasteiger partial charge in [0.2, 0.25) is 0 Å².